The first-order valence-corrected chi connectivity index (χ1v) is 7.23. The molecule has 1 atom stereocenters. The molecule has 2 rings (SSSR count). The van der Waals surface area contributed by atoms with Crippen molar-refractivity contribution in [2.45, 2.75) is 32.7 Å². The number of carbonyl (C=O) groups is 1. The smallest absolute Gasteiger partial charge is 0.242 e. The maximum Gasteiger partial charge on any atom is 0.242 e. The second kappa shape index (κ2) is 6.35. The molecule has 0 aliphatic carbocycles. The molecule has 1 fully saturated rings. The van der Waals surface area contributed by atoms with E-state index in [-0.39, 0.29) is 17.4 Å². The Morgan fingerprint density at radius 1 is 1.24 bits per heavy atom. The molecule has 5 nitrogen and oxygen atoms in total. The first-order valence-electron chi connectivity index (χ1n) is 7.23. The predicted molar refractivity (Wildman–Crippen MR) is 83.0 cm³/mol. The lowest BCUT2D eigenvalue weighted by Crippen LogP contribution is -2.53. The number of hydrogen-bond donors (Lipinski definition) is 2. The lowest BCUT2D eigenvalue weighted by molar-refractivity contribution is -0.121. The van der Waals surface area contributed by atoms with Gasteiger partial charge in [-0.15, -0.1) is 0 Å². The van der Waals surface area contributed by atoms with Gasteiger partial charge in [-0.05, 0) is 24.8 Å². The lowest BCUT2D eigenvalue weighted by atomic mass is 9.77. The molecule has 0 aromatic heterocycles. The van der Waals surface area contributed by atoms with Crippen molar-refractivity contribution in [1.29, 1.82) is 0 Å². The summed E-state index contributed by atoms with van der Waals surface area (Å²) in [6, 6.07) is 5.16. The van der Waals surface area contributed by atoms with E-state index in [0.717, 1.165) is 19.4 Å². The van der Waals surface area contributed by atoms with Gasteiger partial charge in [0.05, 0.1) is 20.3 Å². The van der Waals surface area contributed by atoms with Crippen molar-refractivity contribution < 1.29 is 14.3 Å². The highest BCUT2D eigenvalue weighted by Crippen LogP contribution is 2.31. The number of hydrogen-bond acceptors (Lipinski definition) is 4. The molecule has 1 aliphatic heterocycles. The van der Waals surface area contributed by atoms with Gasteiger partial charge in [0.25, 0.3) is 0 Å². The van der Waals surface area contributed by atoms with Crippen LogP contribution in [0.5, 0.6) is 11.5 Å². The summed E-state index contributed by atoms with van der Waals surface area (Å²) in [6.45, 7) is 5.12. The van der Waals surface area contributed by atoms with Gasteiger partial charge in [-0.25, -0.2) is 0 Å². The summed E-state index contributed by atoms with van der Waals surface area (Å²) in [6.07, 6.45) is 2.14. The first-order chi connectivity index (χ1) is 9.96. The van der Waals surface area contributed by atoms with Gasteiger partial charge in [-0.1, -0.05) is 13.8 Å². The number of methoxy groups -OCH3 is 2. The molecule has 21 heavy (non-hydrogen) atoms. The Balaban J connectivity index is 2.15. The quantitative estimate of drug-likeness (QED) is 0.895. The maximum atomic E-state index is 12.5. The molecule has 0 spiro atoms. The molecule has 0 saturated carbocycles. The highest BCUT2D eigenvalue weighted by molar-refractivity contribution is 5.95. The molecule has 1 aromatic carbocycles. The maximum absolute atomic E-state index is 12.5. The van der Waals surface area contributed by atoms with Crippen LogP contribution in [-0.4, -0.2) is 32.7 Å². The highest BCUT2D eigenvalue weighted by Gasteiger charge is 2.37. The topological polar surface area (TPSA) is 59.6 Å². The molecule has 0 radical (unpaired) electrons. The predicted octanol–water partition coefficient (Wildman–Crippen LogP) is 2.42. The van der Waals surface area contributed by atoms with E-state index in [0.29, 0.717) is 17.2 Å². The van der Waals surface area contributed by atoms with Crippen LogP contribution in [0.4, 0.5) is 5.69 Å². The number of amides is 1. The minimum absolute atomic E-state index is 0.0185. The second-order valence-corrected chi connectivity index (χ2v) is 6.07. The van der Waals surface area contributed by atoms with Crippen LogP contribution in [0.1, 0.15) is 26.7 Å². The standard InChI is InChI=1S/C16H24N2O3/c1-16(2)6-5-7-17-14(16)15(19)18-11-8-12(20-3)10-13(9-11)21-4/h8-10,14,17H,5-7H2,1-4H3,(H,18,19). The number of nitrogens with one attached hydrogen (secondary N) is 2. The third kappa shape index (κ3) is 3.67. The lowest BCUT2D eigenvalue weighted by Gasteiger charge is -2.38. The Morgan fingerprint density at radius 3 is 2.38 bits per heavy atom. The molecule has 116 valence electrons. The summed E-state index contributed by atoms with van der Waals surface area (Å²) < 4.78 is 10.4. The number of carbonyl (C=O) groups excluding carboxylic acids is 1. The molecular weight excluding hydrogens is 268 g/mol. The Kier molecular flexibility index (Phi) is 4.73. The zero-order chi connectivity index (χ0) is 15.5. The molecule has 1 unspecified atom stereocenters. The summed E-state index contributed by atoms with van der Waals surface area (Å²) >= 11 is 0. The van der Waals surface area contributed by atoms with Gasteiger partial charge >= 0.3 is 0 Å². The van der Waals surface area contributed by atoms with Gasteiger partial charge in [0.1, 0.15) is 11.5 Å². The Morgan fingerprint density at radius 2 is 1.86 bits per heavy atom. The zero-order valence-corrected chi connectivity index (χ0v) is 13.2. The van der Waals surface area contributed by atoms with E-state index in [2.05, 4.69) is 24.5 Å². The average Bonchev–Trinajstić information content (AvgIpc) is 2.46. The number of ether oxygens (including phenoxy) is 2. The van der Waals surface area contributed by atoms with Gasteiger partial charge in [0, 0.05) is 23.9 Å². The fourth-order valence-electron chi connectivity index (χ4n) is 2.75. The van der Waals surface area contributed by atoms with E-state index >= 15 is 0 Å². The van der Waals surface area contributed by atoms with Crippen LogP contribution in [0.3, 0.4) is 0 Å². The Bertz CT molecular complexity index is 492. The van der Waals surface area contributed by atoms with Gasteiger partial charge in [-0.2, -0.15) is 0 Å². The molecule has 1 saturated heterocycles. The molecule has 0 bridgehead atoms. The van der Waals surface area contributed by atoms with Gasteiger partial charge in [0.15, 0.2) is 0 Å². The molecule has 1 heterocycles. The Labute approximate surface area is 126 Å². The van der Waals surface area contributed by atoms with Crippen molar-refractivity contribution in [1.82, 2.24) is 5.32 Å². The Hall–Kier alpha value is -1.75. The van der Waals surface area contributed by atoms with Crippen LogP contribution in [0.2, 0.25) is 0 Å². The number of piperidine rings is 1. The van der Waals surface area contributed by atoms with Crippen molar-refractivity contribution >= 4 is 11.6 Å². The number of benzene rings is 1. The van der Waals surface area contributed by atoms with Gasteiger partial charge in [0.2, 0.25) is 5.91 Å². The molecular formula is C16H24N2O3. The van der Waals surface area contributed by atoms with Crippen LogP contribution in [0.15, 0.2) is 18.2 Å². The summed E-state index contributed by atoms with van der Waals surface area (Å²) in [5.41, 5.74) is 0.630. The van der Waals surface area contributed by atoms with Gasteiger partial charge in [-0.3, -0.25) is 4.79 Å². The summed E-state index contributed by atoms with van der Waals surface area (Å²) in [4.78, 5) is 12.5. The van der Waals surface area contributed by atoms with Crippen molar-refractivity contribution in [3.63, 3.8) is 0 Å². The SMILES string of the molecule is COc1cc(NC(=O)C2NCCCC2(C)C)cc(OC)c1. The fraction of sp³-hybridized carbons (Fsp3) is 0.562. The van der Waals surface area contributed by atoms with Crippen molar-refractivity contribution in [2.24, 2.45) is 5.41 Å². The second-order valence-electron chi connectivity index (χ2n) is 6.07. The third-order valence-corrected chi connectivity index (χ3v) is 4.01. The summed E-state index contributed by atoms with van der Waals surface area (Å²) in [7, 11) is 3.18. The fourth-order valence-corrected chi connectivity index (χ4v) is 2.75. The van der Waals surface area contributed by atoms with Crippen molar-refractivity contribution in [3.8, 4) is 11.5 Å². The van der Waals surface area contributed by atoms with E-state index in [9.17, 15) is 4.79 Å². The minimum Gasteiger partial charge on any atom is -0.497 e. The highest BCUT2D eigenvalue weighted by atomic mass is 16.5. The van der Waals surface area contributed by atoms with Crippen LogP contribution in [-0.2, 0) is 4.79 Å². The summed E-state index contributed by atoms with van der Waals surface area (Å²) in [5, 5.41) is 6.27. The van der Waals surface area contributed by atoms with E-state index < -0.39 is 0 Å². The van der Waals surface area contributed by atoms with Crippen molar-refractivity contribution in [3.05, 3.63) is 18.2 Å². The third-order valence-electron chi connectivity index (χ3n) is 4.01. The molecule has 1 aliphatic rings. The van der Waals surface area contributed by atoms with Gasteiger partial charge < -0.3 is 20.1 Å². The van der Waals surface area contributed by atoms with Crippen molar-refractivity contribution in [2.75, 3.05) is 26.1 Å². The molecule has 1 aromatic rings. The van der Waals surface area contributed by atoms with Crippen LogP contribution >= 0.6 is 0 Å². The normalized spacial score (nSPS) is 20.7. The van der Waals surface area contributed by atoms with E-state index in [4.69, 9.17) is 9.47 Å². The largest absolute Gasteiger partial charge is 0.497 e. The van der Waals surface area contributed by atoms with E-state index in [1.165, 1.54) is 0 Å². The molecule has 2 N–H and O–H groups in total. The van der Waals surface area contributed by atoms with Crippen LogP contribution < -0.4 is 20.1 Å². The van der Waals surface area contributed by atoms with E-state index in [1.807, 2.05) is 0 Å². The zero-order valence-electron chi connectivity index (χ0n) is 13.2. The monoisotopic (exact) mass is 292 g/mol. The number of anilines is 1. The minimum atomic E-state index is -0.191. The van der Waals surface area contributed by atoms with Crippen LogP contribution in [0, 0.1) is 5.41 Å². The van der Waals surface area contributed by atoms with Crippen LogP contribution in [0.25, 0.3) is 0 Å². The average molecular weight is 292 g/mol. The summed E-state index contributed by atoms with van der Waals surface area (Å²) in [5.74, 6) is 1.29. The number of rotatable bonds is 4. The first kappa shape index (κ1) is 15.6. The van der Waals surface area contributed by atoms with E-state index in [1.54, 1.807) is 32.4 Å². The molecule has 5 heteroatoms. The molecule has 1 amide bonds.